The molecule has 8 heteroatoms. The maximum absolute atomic E-state index is 13.7. The van der Waals surface area contributed by atoms with Gasteiger partial charge in [0.25, 0.3) is 0 Å². The second-order valence-corrected chi connectivity index (χ2v) is 7.92. The van der Waals surface area contributed by atoms with Gasteiger partial charge in [-0.1, -0.05) is 29.1 Å². The van der Waals surface area contributed by atoms with Crippen LogP contribution in [0.1, 0.15) is 54.9 Å². The second-order valence-electron chi connectivity index (χ2n) is 6.98. The fourth-order valence-corrected chi connectivity index (χ4v) is 3.82. The van der Waals surface area contributed by atoms with Crippen molar-refractivity contribution < 1.29 is 8.91 Å². The van der Waals surface area contributed by atoms with E-state index in [1.54, 1.807) is 30.8 Å². The largest absolute Gasteiger partial charge is 0.338 e. The lowest BCUT2D eigenvalue weighted by Gasteiger charge is -2.06. The van der Waals surface area contributed by atoms with Gasteiger partial charge in [0.05, 0.1) is 5.75 Å². The Morgan fingerprint density at radius 1 is 1.23 bits per heavy atom. The van der Waals surface area contributed by atoms with Crippen LogP contribution in [0.4, 0.5) is 4.39 Å². The average Bonchev–Trinajstić information content (AvgIpc) is 3.57. The van der Waals surface area contributed by atoms with Crippen molar-refractivity contribution in [3.63, 3.8) is 0 Å². The summed E-state index contributed by atoms with van der Waals surface area (Å²) in [5, 5.41) is 13.7. The molecule has 2 fully saturated rings. The fourth-order valence-electron chi connectivity index (χ4n) is 2.97. The van der Waals surface area contributed by atoms with E-state index in [4.69, 9.17) is 4.52 Å². The standard InChI is InChI=1S/C18H18FN5OS/c1-10-2-3-12(8-14(10)19)16-20-15(25-23-16)9-26-18-22-21-17(11-4-5-11)24(18)13-6-7-13/h2-3,8,11,13H,4-7,9H2,1H3. The van der Waals surface area contributed by atoms with Gasteiger partial charge in [-0.3, -0.25) is 0 Å². The molecule has 0 bridgehead atoms. The molecule has 1 aromatic carbocycles. The van der Waals surface area contributed by atoms with E-state index in [-0.39, 0.29) is 5.82 Å². The van der Waals surface area contributed by atoms with Gasteiger partial charge < -0.3 is 9.09 Å². The Morgan fingerprint density at radius 3 is 2.81 bits per heavy atom. The molecule has 2 aliphatic carbocycles. The number of rotatable bonds is 6. The monoisotopic (exact) mass is 371 g/mol. The Morgan fingerprint density at radius 2 is 2.08 bits per heavy atom. The summed E-state index contributed by atoms with van der Waals surface area (Å²) in [6.45, 7) is 1.73. The zero-order valence-electron chi connectivity index (χ0n) is 14.4. The summed E-state index contributed by atoms with van der Waals surface area (Å²) in [7, 11) is 0. The van der Waals surface area contributed by atoms with Gasteiger partial charge in [0.15, 0.2) is 5.16 Å². The van der Waals surface area contributed by atoms with Crippen molar-refractivity contribution in [3.8, 4) is 11.4 Å². The lowest BCUT2D eigenvalue weighted by molar-refractivity contribution is 0.391. The zero-order chi connectivity index (χ0) is 17.7. The summed E-state index contributed by atoms with van der Waals surface area (Å²) < 4.78 is 21.4. The highest BCUT2D eigenvalue weighted by Crippen LogP contribution is 2.46. The van der Waals surface area contributed by atoms with Gasteiger partial charge in [-0.05, 0) is 44.2 Å². The van der Waals surface area contributed by atoms with E-state index in [1.807, 2.05) is 0 Å². The van der Waals surface area contributed by atoms with Crippen LogP contribution in [0, 0.1) is 12.7 Å². The molecule has 5 rings (SSSR count). The van der Waals surface area contributed by atoms with Crippen LogP contribution in [-0.2, 0) is 5.75 Å². The maximum Gasteiger partial charge on any atom is 0.237 e. The highest BCUT2D eigenvalue weighted by Gasteiger charge is 2.36. The van der Waals surface area contributed by atoms with Crippen LogP contribution < -0.4 is 0 Å². The molecule has 2 aromatic heterocycles. The predicted octanol–water partition coefficient (Wildman–Crippen LogP) is 4.28. The number of hydrogen-bond donors (Lipinski definition) is 0. The molecule has 0 spiro atoms. The Labute approximate surface area is 154 Å². The summed E-state index contributed by atoms with van der Waals surface area (Å²) in [5.74, 6) is 2.89. The van der Waals surface area contributed by atoms with Crippen LogP contribution in [0.2, 0.25) is 0 Å². The van der Waals surface area contributed by atoms with Gasteiger partial charge in [0.1, 0.15) is 11.6 Å². The highest BCUT2D eigenvalue weighted by molar-refractivity contribution is 7.98. The number of aromatic nitrogens is 5. The first kappa shape index (κ1) is 16.0. The summed E-state index contributed by atoms with van der Waals surface area (Å²) in [6.07, 6.45) is 4.84. The summed E-state index contributed by atoms with van der Waals surface area (Å²) in [4.78, 5) is 4.39. The van der Waals surface area contributed by atoms with Crippen molar-refractivity contribution in [1.82, 2.24) is 24.9 Å². The third-order valence-corrected chi connectivity index (χ3v) is 5.70. The van der Waals surface area contributed by atoms with Gasteiger partial charge in [0.2, 0.25) is 11.7 Å². The molecule has 0 N–H and O–H groups in total. The van der Waals surface area contributed by atoms with E-state index in [9.17, 15) is 4.39 Å². The fraction of sp³-hybridized carbons (Fsp3) is 0.444. The van der Waals surface area contributed by atoms with E-state index in [0.29, 0.717) is 40.6 Å². The average molecular weight is 371 g/mol. The van der Waals surface area contributed by atoms with Crippen LogP contribution in [-0.4, -0.2) is 24.9 Å². The molecule has 2 saturated carbocycles. The van der Waals surface area contributed by atoms with Gasteiger partial charge >= 0.3 is 0 Å². The smallest absolute Gasteiger partial charge is 0.237 e. The number of benzene rings is 1. The van der Waals surface area contributed by atoms with E-state index in [0.717, 1.165) is 11.0 Å². The first-order valence-electron chi connectivity index (χ1n) is 8.86. The summed E-state index contributed by atoms with van der Waals surface area (Å²) in [6, 6.07) is 5.50. The van der Waals surface area contributed by atoms with Gasteiger partial charge in [0, 0.05) is 17.5 Å². The Kier molecular flexibility index (Phi) is 3.81. The van der Waals surface area contributed by atoms with Crippen LogP contribution >= 0.6 is 11.8 Å². The number of hydrogen-bond acceptors (Lipinski definition) is 6. The number of nitrogens with zero attached hydrogens (tertiary/aromatic N) is 5. The first-order chi connectivity index (χ1) is 12.7. The van der Waals surface area contributed by atoms with Crippen molar-refractivity contribution in [3.05, 3.63) is 41.3 Å². The van der Waals surface area contributed by atoms with E-state index < -0.39 is 0 Å². The van der Waals surface area contributed by atoms with Crippen molar-refractivity contribution in [2.75, 3.05) is 0 Å². The van der Waals surface area contributed by atoms with Crippen LogP contribution in [0.5, 0.6) is 0 Å². The van der Waals surface area contributed by atoms with Gasteiger partial charge in [-0.2, -0.15) is 4.98 Å². The normalized spacial score (nSPS) is 17.0. The molecule has 0 saturated heterocycles. The summed E-state index contributed by atoms with van der Waals surface area (Å²) >= 11 is 1.57. The van der Waals surface area contributed by atoms with E-state index in [2.05, 4.69) is 24.9 Å². The second kappa shape index (κ2) is 6.19. The minimum absolute atomic E-state index is 0.270. The Balaban J connectivity index is 1.32. The Bertz CT molecular complexity index is 960. The molecule has 2 heterocycles. The number of aryl methyl sites for hydroxylation is 1. The topological polar surface area (TPSA) is 69.6 Å². The lowest BCUT2D eigenvalue weighted by atomic mass is 10.1. The van der Waals surface area contributed by atoms with Crippen LogP contribution in [0.3, 0.4) is 0 Å². The molecule has 0 unspecified atom stereocenters. The number of halogens is 1. The van der Waals surface area contributed by atoms with E-state index in [1.165, 1.54) is 31.7 Å². The third-order valence-electron chi connectivity index (χ3n) is 4.77. The minimum atomic E-state index is -0.270. The van der Waals surface area contributed by atoms with Crippen LogP contribution in [0.15, 0.2) is 27.9 Å². The van der Waals surface area contributed by atoms with Crippen LogP contribution in [0.25, 0.3) is 11.4 Å². The molecule has 0 atom stereocenters. The van der Waals surface area contributed by atoms with Crippen molar-refractivity contribution >= 4 is 11.8 Å². The molecule has 3 aromatic rings. The third kappa shape index (κ3) is 3.02. The van der Waals surface area contributed by atoms with Crippen molar-refractivity contribution in [2.24, 2.45) is 0 Å². The maximum atomic E-state index is 13.7. The number of thioether (sulfide) groups is 1. The predicted molar refractivity (Wildman–Crippen MR) is 94.3 cm³/mol. The molecule has 134 valence electrons. The van der Waals surface area contributed by atoms with Crippen molar-refractivity contribution in [2.45, 2.75) is 55.5 Å². The van der Waals surface area contributed by atoms with E-state index >= 15 is 0 Å². The molecular formula is C18H18FN5OS. The highest BCUT2D eigenvalue weighted by atomic mass is 32.2. The molecule has 2 aliphatic rings. The minimum Gasteiger partial charge on any atom is -0.338 e. The van der Waals surface area contributed by atoms with Gasteiger partial charge in [-0.15, -0.1) is 10.2 Å². The molecule has 0 amide bonds. The molecule has 6 nitrogen and oxygen atoms in total. The zero-order valence-corrected chi connectivity index (χ0v) is 15.2. The molecular weight excluding hydrogens is 353 g/mol. The first-order valence-corrected chi connectivity index (χ1v) is 9.84. The lowest BCUT2D eigenvalue weighted by Crippen LogP contribution is -2.01. The molecule has 26 heavy (non-hydrogen) atoms. The van der Waals surface area contributed by atoms with Gasteiger partial charge in [-0.25, -0.2) is 4.39 Å². The SMILES string of the molecule is Cc1ccc(-c2noc(CSc3nnc(C4CC4)n3C3CC3)n2)cc1F. The Hall–Kier alpha value is -2.22. The molecule has 0 aliphatic heterocycles. The summed E-state index contributed by atoms with van der Waals surface area (Å²) in [5.41, 5.74) is 1.21. The molecule has 0 radical (unpaired) electrons. The quantitative estimate of drug-likeness (QED) is 0.602. The van der Waals surface area contributed by atoms with Crippen molar-refractivity contribution in [1.29, 1.82) is 0 Å².